The molecule has 1 heterocycles. The van der Waals surface area contributed by atoms with Crippen molar-refractivity contribution < 1.29 is 19.1 Å². The van der Waals surface area contributed by atoms with Gasteiger partial charge in [0.25, 0.3) is 0 Å². The quantitative estimate of drug-likeness (QED) is 0.705. The lowest BCUT2D eigenvalue weighted by atomic mass is 10.1. The van der Waals surface area contributed by atoms with E-state index in [-0.39, 0.29) is 11.9 Å². The topological polar surface area (TPSA) is 59.1 Å². The first kappa shape index (κ1) is 19.2. The van der Waals surface area contributed by atoms with Crippen LogP contribution in [0.2, 0.25) is 0 Å². The van der Waals surface area contributed by atoms with E-state index in [0.29, 0.717) is 24.6 Å². The molecule has 1 aromatic rings. The van der Waals surface area contributed by atoms with Gasteiger partial charge in [-0.2, -0.15) is 0 Å². The van der Waals surface area contributed by atoms with Crippen molar-refractivity contribution in [2.75, 3.05) is 44.8 Å². The van der Waals surface area contributed by atoms with Crippen LogP contribution < -0.4 is 4.90 Å². The van der Waals surface area contributed by atoms with Gasteiger partial charge in [-0.3, -0.25) is 9.69 Å². The lowest BCUT2D eigenvalue weighted by molar-refractivity contribution is -0.143. The van der Waals surface area contributed by atoms with Crippen LogP contribution in [-0.2, 0) is 14.3 Å². The van der Waals surface area contributed by atoms with Gasteiger partial charge in [-0.15, -0.1) is 0 Å². The molecule has 25 heavy (non-hydrogen) atoms. The van der Waals surface area contributed by atoms with Crippen LogP contribution >= 0.6 is 0 Å². The molecule has 1 aromatic carbocycles. The van der Waals surface area contributed by atoms with E-state index in [4.69, 9.17) is 9.47 Å². The van der Waals surface area contributed by atoms with Crippen molar-refractivity contribution in [1.82, 2.24) is 4.90 Å². The number of anilines is 1. The number of nitrogens with zero attached hydrogens (tertiary/aromatic N) is 2. The van der Waals surface area contributed by atoms with E-state index < -0.39 is 0 Å². The van der Waals surface area contributed by atoms with Crippen molar-refractivity contribution in [3.05, 3.63) is 29.8 Å². The summed E-state index contributed by atoms with van der Waals surface area (Å²) < 4.78 is 9.70. The van der Waals surface area contributed by atoms with E-state index in [9.17, 15) is 9.59 Å². The Morgan fingerprint density at radius 2 is 1.92 bits per heavy atom. The van der Waals surface area contributed by atoms with Crippen molar-refractivity contribution in [1.29, 1.82) is 0 Å². The van der Waals surface area contributed by atoms with Gasteiger partial charge in [0.05, 0.1) is 19.3 Å². The molecule has 0 spiro atoms. The molecule has 1 aliphatic rings. The summed E-state index contributed by atoms with van der Waals surface area (Å²) in [4.78, 5) is 27.7. The molecule has 1 fully saturated rings. The molecule has 0 N–H and O–H groups in total. The van der Waals surface area contributed by atoms with E-state index >= 15 is 0 Å². The highest BCUT2D eigenvalue weighted by molar-refractivity contribution is 5.89. The van der Waals surface area contributed by atoms with Crippen LogP contribution in [0.5, 0.6) is 0 Å². The number of carbonyl (C=O) groups excluding carboxylic acids is 2. The summed E-state index contributed by atoms with van der Waals surface area (Å²) in [5.74, 6) is -0.425. The smallest absolute Gasteiger partial charge is 0.337 e. The van der Waals surface area contributed by atoms with E-state index in [1.807, 2.05) is 19.1 Å². The zero-order chi connectivity index (χ0) is 18.2. The molecule has 6 heteroatoms. The predicted octanol–water partition coefficient (Wildman–Crippen LogP) is 2.33. The maximum atomic E-state index is 11.5. The molecule has 0 aromatic heterocycles. The van der Waals surface area contributed by atoms with E-state index in [0.717, 1.165) is 38.3 Å². The Bertz CT molecular complexity index is 573. The SMILES string of the molecule is CCOC(=O)CCCN1CCN(c2ccc(C(=O)OC)cc2)CC1C. The number of hydrogen-bond acceptors (Lipinski definition) is 6. The van der Waals surface area contributed by atoms with Crippen LogP contribution in [0.3, 0.4) is 0 Å². The van der Waals surface area contributed by atoms with Gasteiger partial charge in [0.15, 0.2) is 0 Å². The van der Waals surface area contributed by atoms with Crippen LogP contribution in [0.25, 0.3) is 0 Å². The number of benzene rings is 1. The molecule has 0 aliphatic carbocycles. The Hall–Kier alpha value is -2.08. The third-order valence-corrected chi connectivity index (χ3v) is 4.55. The lowest BCUT2D eigenvalue weighted by Crippen LogP contribution is -2.52. The fourth-order valence-electron chi connectivity index (χ4n) is 3.15. The molecule has 1 atom stereocenters. The molecule has 138 valence electrons. The van der Waals surface area contributed by atoms with Gasteiger partial charge in [0, 0.05) is 37.8 Å². The summed E-state index contributed by atoms with van der Waals surface area (Å²) >= 11 is 0. The Morgan fingerprint density at radius 1 is 1.20 bits per heavy atom. The molecule has 0 saturated carbocycles. The van der Waals surface area contributed by atoms with Gasteiger partial charge < -0.3 is 14.4 Å². The van der Waals surface area contributed by atoms with Gasteiger partial charge in [-0.05, 0) is 51.1 Å². The maximum Gasteiger partial charge on any atom is 0.337 e. The van der Waals surface area contributed by atoms with Gasteiger partial charge in [-0.25, -0.2) is 4.79 Å². The number of methoxy groups -OCH3 is 1. The third kappa shape index (κ3) is 5.46. The first-order valence-corrected chi connectivity index (χ1v) is 8.88. The van der Waals surface area contributed by atoms with Crippen molar-refractivity contribution in [3.63, 3.8) is 0 Å². The molecule has 1 unspecified atom stereocenters. The second-order valence-electron chi connectivity index (χ2n) is 6.28. The van der Waals surface area contributed by atoms with E-state index in [1.54, 1.807) is 12.1 Å². The minimum Gasteiger partial charge on any atom is -0.466 e. The Morgan fingerprint density at radius 3 is 2.52 bits per heavy atom. The number of rotatable bonds is 7. The van der Waals surface area contributed by atoms with Gasteiger partial charge >= 0.3 is 11.9 Å². The van der Waals surface area contributed by atoms with Crippen LogP contribution in [0, 0.1) is 0 Å². The molecule has 1 aliphatic heterocycles. The second-order valence-corrected chi connectivity index (χ2v) is 6.28. The van der Waals surface area contributed by atoms with Crippen molar-refractivity contribution in [3.8, 4) is 0 Å². The number of esters is 2. The van der Waals surface area contributed by atoms with Crippen LogP contribution in [0.1, 0.15) is 37.0 Å². The van der Waals surface area contributed by atoms with Crippen molar-refractivity contribution in [2.45, 2.75) is 32.7 Å². The fraction of sp³-hybridized carbons (Fsp3) is 0.579. The highest BCUT2D eigenvalue weighted by Gasteiger charge is 2.23. The van der Waals surface area contributed by atoms with Crippen LogP contribution in [-0.4, -0.2) is 62.8 Å². The summed E-state index contributed by atoms with van der Waals surface area (Å²) in [6, 6.07) is 7.95. The van der Waals surface area contributed by atoms with Gasteiger partial charge in [-0.1, -0.05) is 0 Å². The molecule has 6 nitrogen and oxygen atoms in total. The number of ether oxygens (including phenoxy) is 2. The zero-order valence-electron chi connectivity index (χ0n) is 15.4. The van der Waals surface area contributed by atoms with Crippen molar-refractivity contribution in [2.24, 2.45) is 0 Å². The molecule has 0 radical (unpaired) electrons. The van der Waals surface area contributed by atoms with E-state index in [2.05, 4.69) is 16.7 Å². The molecular weight excluding hydrogens is 320 g/mol. The number of hydrogen-bond donors (Lipinski definition) is 0. The maximum absolute atomic E-state index is 11.5. The molecule has 1 saturated heterocycles. The Kier molecular flexibility index (Phi) is 7.25. The molecule has 0 bridgehead atoms. The molecule has 2 rings (SSSR count). The largest absolute Gasteiger partial charge is 0.466 e. The minimum atomic E-state index is -0.314. The monoisotopic (exact) mass is 348 g/mol. The van der Waals surface area contributed by atoms with Gasteiger partial charge in [0.2, 0.25) is 0 Å². The zero-order valence-corrected chi connectivity index (χ0v) is 15.4. The second kappa shape index (κ2) is 9.42. The predicted molar refractivity (Wildman–Crippen MR) is 96.9 cm³/mol. The fourth-order valence-corrected chi connectivity index (χ4v) is 3.15. The summed E-state index contributed by atoms with van der Waals surface area (Å²) in [7, 11) is 1.39. The number of carbonyl (C=O) groups is 2. The summed E-state index contributed by atoms with van der Waals surface area (Å²) in [5.41, 5.74) is 1.68. The Balaban J connectivity index is 1.82. The lowest BCUT2D eigenvalue weighted by Gasteiger charge is -2.41. The molecule has 0 amide bonds. The summed E-state index contributed by atoms with van der Waals surface area (Å²) in [6.07, 6.45) is 1.31. The first-order chi connectivity index (χ1) is 12.0. The normalized spacial score (nSPS) is 18.0. The van der Waals surface area contributed by atoms with Crippen molar-refractivity contribution >= 4 is 17.6 Å². The standard InChI is InChI=1S/C19H28N2O4/c1-4-25-18(22)6-5-11-20-12-13-21(14-15(20)2)17-9-7-16(8-10-17)19(23)24-3/h7-10,15H,4-6,11-14H2,1-3H3. The minimum absolute atomic E-state index is 0.112. The summed E-state index contributed by atoms with van der Waals surface area (Å²) in [5, 5.41) is 0. The van der Waals surface area contributed by atoms with Crippen LogP contribution in [0.15, 0.2) is 24.3 Å². The third-order valence-electron chi connectivity index (χ3n) is 4.55. The molecular formula is C19H28N2O4. The van der Waals surface area contributed by atoms with E-state index in [1.165, 1.54) is 7.11 Å². The van der Waals surface area contributed by atoms with Crippen LogP contribution in [0.4, 0.5) is 5.69 Å². The first-order valence-electron chi connectivity index (χ1n) is 8.88. The number of piperazine rings is 1. The van der Waals surface area contributed by atoms with Gasteiger partial charge in [0.1, 0.15) is 0 Å². The summed E-state index contributed by atoms with van der Waals surface area (Å²) in [6.45, 7) is 8.22. The average molecular weight is 348 g/mol. The Labute approximate surface area is 149 Å². The highest BCUT2D eigenvalue weighted by atomic mass is 16.5. The average Bonchev–Trinajstić information content (AvgIpc) is 2.62. The highest BCUT2D eigenvalue weighted by Crippen LogP contribution is 2.20.